The largest absolute Gasteiger partial charge is 0.360 e. The highest BCUT2D eigenvalue weighted by Gasteiger charge is 2.22. The van der Waals surface area contributed by atoms with Crippen molar-refractivity contribution >= 4 is 17.3 Å². The number of likely N-dealkylation sites (N-methyl/N-ethyl adjacent to an activating group) is 1. The number of nitrogens with zero attached hydrogens (tertiary/aromatic N) is 2. The Morgan fingerprint density at radius 2 is 2.07 bits per heavy atom. The predicted molar refractivity (Wildman–Crippen MR) is 64.5 cm³/mol. The molecule has 1 aliphatic heterocycles. The van der Waals surface area contributed by atoms with Gasteiger partial charge < -0.3 is 15.1 Å². The summed E-state index contributed by atoms with van der Waals surface area (Å²) in [4.78, 5) is 4.63. The van der Waals surface area contributed by atoms with Crippen molar-refractivity contribution in [3.05, 3.63) is 0 Å². The number of nitrogens with one attached hydrogen (secondary N) is 1. The van der Waals surface area contributed by atoms with E-state index >= 15 is 0 Å². The highest BCUT2D eigenvalue weighted by molar-refractivity contribution is 7.80. The summed E-state index contributed by atoms with van der Waals surface area (Å²) in [6.45, 7) is 9.65. The average molecular weight is 215 g/mol. The second kappa shape index (κ2) is 4.94. The molecule has 1 aliphatic rings. The van der Waals surface area contributed by atoms with Crippen molar-refractivity contribution in [3.8, 4) is 0 Å². The van der Waals surface area contributed by atoms with E-state index in [1.807, 2.05) is 0 Å². The number of thiocarbonyl (C=S) groups is 1. The van der Waals surface area contributed by atoms with Crippen molar-refractivity contribution in [3.63, 3.8) is 0 Å². The molecule has 0 radical (unpaired) electrons. The monoisotopic (exact) mass is 215 g/mol. The molecule has 1 saturated heterocycles. The first-order chi connectivity index (χ1) is 6.50. The smallest absolute Gasteiger partial charge is 0.169 e. The summed E-state index contributed by atoms with van der Waals surface area (Å²) in [5.74, 6) is 0. The Labute approximate surface area is 92.4 Å². The van der Waals surface area contributed by atoms with Gasteiger partial charge >= 0.3 is 0 Å². The summed E-state index contributed by atoms with van der Waals surface area (Å²) < 4.78 is 0. The molecule has 0 spiro atoms. The van der Waals surface area contributed by atoms with E-state index in [0.717, 1.165) is 24.7 Å². The summed E-state index contributed by atoms with van der Waals surface area (Å²) in [5, 5.41) is 4.19. The first-order valence-corrected chi connectivity index (χ1v) is 5.67. The molecular weight excluding hydrogens is 194 g/mol. The van der Waals surface area contributed by atoms with Crippen LogP contribution in [0.25, 0.3) is 0 Å². The maximum atomic E-state index is 5.34. The Kier molecular flexibility index (Phi) is 4.13. The van der Waals surface area contributed by atoms with E-state index in [1.54, 1.807) is 0 Å². The van der Waals surface area contributed by atoms with Crippen LogP contribution in [-0.4, -0.2) is 53.7 Å². The molecule has 0 aromatic heterocycles. The van der Waals surface area contributed by atoms with E-state index in [9.17, 15) is 0 Å². The summed E-state index contributed by atoms with van der Waals surface area (Å²) in [6.07, 6.45) is 0. The van der Waals surface area contributed by atoms with Gasteiger partial charge in [-0.15, -0.1) is 0 Å². The van der Waals surface area contributed by atoms with Gasteiger partial charge in [0.15, 0.2) is 5.11 Å². The van der Waals surface area contributed by atoms with Crippen LogP contribution in [0.2, 0.25) is 0 Å². The van der Waals surface area contributed by atoms with Gasteiger partial charge in [-0.1, -0.05) is 0 Å². The maximum absolute atomic E-state index is 5.34. The molecule has 82 valence electrons. The van der Waals surface area contributed by atoms with Gasteiger partial charge in [-0.2, -0.15) is 0 Å². The molecule has 0 bridgehead atoms. The fraction of sp³-hybridized carbons (Fsp3) is 0.900. The zero-order chi connectivity index (χ0) is 10.7. The lowest BCUT2D eigenvalue weighted by Gasteiger charge is -2.39. The van der Waals surface area contributed by atoms with Crippen molar-refractivity contribution in [2.24, 2.45) is 0 Å². The van der Waals surface area contributed by atoms with Gasteiger partial charge in [0.25, 0.3) is 0 Å². The molecule has 1 heterocycles. The summed E-state index contributed by atoms with van der Waals surface area (Å²) >= 11 is 5.34. The van der Waals surface area contributed by atoms with Crippen LogP contribution in [0.3, 0.4) is 0 Å². The fourth-order valence-electron chi connectivity index (χ4n) is 1.57. The van der Waals surface area contributed by atoms with Crippen LogP contribution < -0.4 is 5.32 Å². The van der Waals surface area contributed by atoms with Crippen molar-refractivity contribution in [1.29, 1.82) is 0 Å². The fourth-order valence-corrected chi connectivity index (χ4v) is 1.97. The highest BCUT2D eigenvalue weighted by atomic mass is 32.1. The highest BCUT2D eigenvalue weighted by Crippen LogP contribution is 2.07. The molecule has 0 aliphatic carbocycles. The van der Waals surface area contributed by atoms with E-state index in [0.29, 0.717) is 12.1 Å². The normalized spacial score (nSPS) is 24.1. The molecule has 0 aromatic rings. The van der Waals surface area contributed by atoms with Gasteiger partial charge in [-0.25, -0.2) is 0 Å². The number of piperazine rings is 1. The van der Waals surface area contributed by atoms with E-state index in [4.69, 9.17) is 12.2 Å². The van der Waals surface area contributed by atoms with Crippen LogP contribution in [-0.2, 0) is 0 Å². The molecule has 1 N–H and O–H groups in total. The minimum atomic E-state index is 0.428. The Balaban J connectivity index is 2.42. The predicted octanol–water partition coefficient (Wildman–Crippen LogP) is 0.905. The molecule has 14 heavy (non-hydrogen) atoms. The van der Waals surface area contributed by atoms with E-state index in [-0.39, 0.29) is 0 Å². The molecule has 0 amide bonds. The van der Waals surface area contributed by atoms with E-state index < -0.39 is 0 Å². The molecular formula is C10H21N3S. The first-order valence-electron chi connectivity index (χ1n) is 5.26. The van der Waals surface area contributed by atoms with Crippen LogP contribution in [0.4, 0.5) is 0 Å². The van der Waals surface area contributed by atoms with Gasteiger partial charge in [0.05, 0.1) is 0 Å². The molecule has 1 rings (SSSR count). The number of hydrogen-bond donors (Lipinski definition) is 1. The maximum Gasteiger partial charge on any atom is 0.169 e. The number of hydrogen-bond acceptors (Lipinski definition) is 2. The third-order valence-corrected chi connectivity index (χ3v) is 3.04. The van der Waals surface area contributed by atoms with E-state index in [1.165, 1.54) is 0 Å². The molecule has 0 saturated carbocycles. The van der Waals surface area contributed by atoms with Crippen molar-refractivity contribution in [2.45, 2.75) is 32.9 Å². The molecule has 1 atom stereocenters. The quantitative estimate of drug-likeness (QED) is 0.655. The minimum Gasteiger partial charge on any atom is -0.360 e. The van der Waals surface area contributed by atoms with Crippen LogP contribution in [0.5, 0.6) is 0 Å². The lowest BCUT2D eigenvalue weighted by atomic mass is 10.2. The third kappa shape index (κ3) is 3.10. The zero-order valence-electron chi connectivity index (χ0n) is 9.58. The summed E-state index contributed by atoms with van der Waals surface area (Å²) in [5.41, 5.74) is 0. The van der Waals surface area contributed by atoms with E-state index in [2.05, 4.69) is 42.9 Å². The van der Waals surface area contributed by atoms with Crippen LogP contribution in [0.15, 0.2) is 0 Å². The Morgan fingerprint density at radius 1 is 1.43 bits per heavy atom. The standard InChI is InChI=1S/C10H21N3S/c1-8(2)11-10(14)13-6-5-12(4)9(3)7-13/h8-9H,5-7H2,1-4H3,(H,11,14). The van der Waals surface area contributed by atoms with Crippen LogP contribution in [0, 0.1) is 0 Å². The molecule has 1 unspecified atom stereocenters. The van der Waals surface area contributed by atoms with Gasteiger partial charge in [-0.05, 0) is 40.0 Å². The molecule has 1 fully saturated rings. The lowest BCUT2D eigenvalue weighted by molar-refractivity contribution is 0.152. The molecule has 4 heteroatoms. The third-order valence-electron chi connectivity index (χ3n) is 2.66. The topological polar surface area (TPSA) is 18.5 Å². The number of rotatable bonds is 1. The molecule has 3 nitrogen and oxygen atoms in total. The van der Waals surface area contributed by atoms with Crippen molar-refractivity contribution in [1.82, 2.24) is 15.1 Å². The van der Waals surface area contributed by atoms with Crippen molar-refractivity contribution in [2.75, 3.05) is 26.7 Å². The SMILES string of the molecule is CC(C)NC(=S)N1CCN(C)C(C)C1. The van der Waals surface area contributed by atoms with Crippen LogP contribution >= 0.6 is 12.2 Å². The second-order valence-corrected chi connectivity index (χ2v) is 4.77. The van der Waals surface area contributed by atoms with Crippen LogP contribution in [0.1, 0.15) is 20.8 Å². The Morgan fingerprint density at radius 3 is 2.57 bits per heavy atom. The van der Waals surface area contributed by atoms with Gasteiger partial charge in [0.1, 0.15) is 0 Å². The summed E-state index contributed by atoms with van der Waals surface area (Å²) in [7, 11) is 2.17. The Hall–Kier alpha value is -0.350. The first kappa shape index (κ1) is 11.7. The summed E-state index contributed by atoms with van der Waals surface area (Å²) in [6, 6.07) is 1.02. The minimum absolute atomic E-state index is 0.428. The Bertz CT molecular complexity index is 206. The zero-order valence-corrected chi connectivity index (χ0v) is 10.4. The van der Waals surface area contributed by atoms with Gasteiger partial charge in [0, 0.05) is 31.7 Å². The second-order valence-electron chi connectivity index (χ2n) is 4.38. The van der Waals surface area contributed by atoms with Gasteiger partial charge in [0.2, 0.25) is 0 Å². The molecule has 0 aromatic carbocycles. The van der Waals surface area contributed by atoms with Gasteiger partial charge in [-0.3, -0.25) is 0 Å². The lowest BCUT2D eigenvalue weighted by Crippen LogP contribution is -2.55. The average Bonchev–Trinajstić information content (AvgIpc) is 2.08. The van der Waals surface area contributed by atoms with Crippen molar-refractivity contribution < 1.29 is 0 Å².